The van der Waals surface area contributed by atoms with Gasteiger partial charge in [0, 0.05) is 40.8 Å². The normalized spacial score (nSPS) is 17.9. The van der Waals surface area contributed by atoms with Crippen molar-refractivity contribution in [3.05, 3.63) is 100 Å². The Morgan fingerprint density at radius 2 is 1.91 bits per heavy atom. The topological polar surface area (TPSA) is 66.8 Å². The number of carbonyl (C=O) groups excluding carboxylic acids is 1. The molecule has 33 heavy (non-hydrogen) atoms. The first-order valence-electron chi connectivity index (χ1n) is 10.9. The zero-order valence-electron chi connectivity index (χ0n) is 18.2. The standard InChI is InChI=1S/C26H23ClN4O2/c1-2-33-21-11-9-20(10-12-21)31-25(18-4-3-13-28-16-18)22-23(17-5-7-19(27)8-6-17)29-14-15-30-24(22)26(31)32/h3-13,16,25,30H,2,14-15H2,1H3/t25-/m0/s1. The summed E-state index contributed by atoms with van der Waals surface area (Å²) in [7, 11) is 0. The van der Waals surface area contributed by atoms with Crippen molar-refractivity contribution in [3.8, 4) is 5.75 Å². The first-order chi connectivity index (χ1) is 16.2. The van der Waals surface area contributed by atoms with Crippen molar-refractivity contribution in [1.29, 1.82) is 0 Å². The van der Waals surface area contributed by atoms with E-state index in [1.54, 1.807) is 17.3 Å². The van der Waals surface area contributed by atoms with Crippen LogP contribution in [0.15, 0.2) is 89.3 Å². The molecule has 3 aromatic rings. The van der Waals surface area contributed by atoms with Gasteiger partial charge >= 0.3 is 0 Å². The number of pyridine rings is 1. The highest BCUT2D eigenvalue weighted by molar-refractivity contribution is 6.31. The predicted octanol–water partition coefficient (Wildman–Crippen LogP) is 4.57. The number of halogens is 1. The third kappa shape index (κ3) is 3.98. The summed E-state index contributed by atoms with van der Waals surface area (Å²) in [5.74, 6) is 0.675. The predicted molar refractivity (Wildman–Crippen MR) is 130 cm³/mol. The van der Waals surface area contributed by atoms with Gasteiger partial charge in [0.2, 0.25) is 0 Å². The van der Waals surface area contributed by atoms with Crippen LogP contribution >= 0.6 is 11.6 Å². The van der Waals surface area contributed by atoms with Crippen LogP contribution in [0.25, 0.3) is 0 Å². The van der Waals surface area contributed by atoms with Gasteiger partial charge < -0.3 is 10.1 Å². The second-order valence-corrected chi connectivity index (χ2v) is 8.18. The number of rotatable bonds is 5. The van der Waals surface area contributed by atoms with E-state index in [4.69, 9.17) is 21.3 Å². The fourth-order valence-corrected chi connectivity index (χ4v) is 4.44. The van der Waals surface area contributed by atoms with Gasteiger partial charge in [-0.25, -0.2) is 0 Å². The molecule has 0 aliphatic carbocycles. The van der Waals surface area contributed by atoms with E-state index >= 15 is 0 Å². The van der Waals surface area contributed by atoms with Gasteiger partial charge in [0.15, 0.2) is 0 Å². The fraction of sp³-hybridized carbons (Fsp3) is 0.192. The summed E-state index contributed by atoms with van der Waals surface area (Å²) < 4.78 is 5.59. The molecule has 6 nitrogen and oxygen atoms in total. The Kier molecular flexibility index (Phi) is 5.84. The highest BCUT2D eigenvalue weighted by atomic mass is 35.5. The molecule has 0 unspecified atom stereocenters. The number of nitrogens with one attached hydrogen (secondary N) is 1. The molecule has 3 heterocycles. The molecule has 1 N–H and O–H groups in total. The van der Waals surface area contributed by atoms with Crippen LogP contribution in [-0.2, 0) is 4.79 Å². The van der Waals surface area contributed by atoms with Gasteiger partial charge in [0.05, 0.1) is 24.9 Å². The van der Waals surface area contributed by atoms with E-state index in [0.717, 1.165) is 33.8 Å². The number of benzene rings is 2. The molecule has 0 saturated heterocycles. The summed E-state index contributed by atoms with van der Waals surface area (Å²) >= 11 is 6.14. The lowest BCUT2D eigenvalue weighted by atomic mass is 9.92. The molecule has 0 spiro atoms. The Morgan fingerprint density at radius 1 is 1.12 bits per heavy atom. The summed E-state index contributed by atoms with van der Waals surface area (Å²) in [6.07, 6.45) is 3.54. The van der Waals surface area contributed by atoms with E-state index in [1.807, 2.05) is 67.6 Å². The largest absolute Gasteiger partial charge is 0.494 e. The van der Waals surface area contributed by atoms with E-state index < -0.39 is 0 Å². The van der Waals surface area contributed by atoms with E-state index in [0.29, 0.717) is 30.4 Å². The van der Waals surface area contributed by atoms with Gasteiger partial charge in [-0.15, -0.1) is 0 Å². The Labute approximate surface area is 197 Å². The molecule has 7 heteroatoms. The molecule has 166 valence electrons. The minimum absolute atomic E-state index is 0.0911. The minimum atomic E-state index is -0.376. The Hall–Kier alpha value is -3.64. The number of hydrogen-bond donors (Lipinski definition) is 1. The van der Waals surface area contributed by atoms with Gasteiger partial charge in [-0.2, -0.15) is 0 Å². The van der Waals surface area contributed by atoms with Crippen LogP contribution in [0.3, 0.4) is 0 Å². The molecule has 0 bridgehead atoms. The average Bonchev–Trinajstić information content (AvgIpc) is 2.98. The maximum atomic E-state index is 13.8. The maximum absolute atomic E-state index is 13.8. The third-order valence-corrected chi connectivity index (χ3v) is 5.97. The zero-order valence-corrected chi connectivity index (χ0v) is 18.9. The van der Waals surface area contributed by atoms with Crippen LogP contribution < -0.4 is 15.0 Å². The van der Waals surface area contributed by atoms with Gasteiger partial charge in [0.1, 0.15) is 11.4 Å². The highest BCUT2D eigenvalue weighted by Gasteiger charge is 2.44. The monoisotopic (exact) mass is 458 g/mol. The van der Waals surface area contributed by atoms with Crippen molar-refractivity contribution < 1.29 is 9.53 Å². The summed E-state index contributed by atoms with van der Waals surface area (Å²) in [6.45, 7) is 3.68. The van der Waals surface area contributed by atoms with Crippen LogP contribution in [-0.4, -0.2) is 36.3 Å². The summed E-state index contributed by atoms with van der Waals surface area (Å²) in [6, 6.07) is 18.7. The van der Waals surface area contributed by atoms with Gasteiger partial charge in [-0.05, 0) is 55.0 Å². The molecule has 0 saturated carbocycles. The van der Waals surface area contributed by atoms with Gasteiger partial charge in [-0.3, -0.25) is 19.7 Å². The quantitative estimate of drug-likeness (QED) is 0.608. The lowest BCUT2D eigenvalue weighted by Crippen LogP contribution is -2.33. The Morgan fingerprint density at radius 3 is 2.61 bits per heavy atom. The van der Waals surface area contributed by atoms with Crippen molar-refractivity contribution in [2.75, 3.05) is 24.6 Å². The molecule has 0 fully saturated rings. The van der Waals surface area contributed by atoms with E-state index in [2.05, 4.69) is 10.3 Å². The molecule has 0 radical (unpaired) electrons. The number of amides is 1. The lowest BCUT2D eigenvalue weighted by Gasteiger charge is -2.28. The smallest absolute Gasteiger partial charge is 0.275 e. The molecule has 2 aliphatic rings. The number of ether oxygens (including phenoxy) is 1. The SMILES string of the molecule is CCOc1ccc(N2C(=O)C3=C(C(c4ccc(Cl)cc4)=NCCN3)[C@@H]2c2cccnc2)cc1. The number of carbonyl (C=O) groups is 1. The molecule has 5 rings (SSSR count). The molecule has 1 aromatic heterocycles. The molecule has 2 aliphatic heterocycles. The number of hydrogen-bond acceptors (Lipinski definition) is 5. The molecular weight excluding hydrogens is 436 g/mol. The summed E-state index contributed by atoms with van der Waals surface area (Å²) in [4.78, 5) is 24.8. The number of aliphatic imine (C=N–C) groups is 1. The number of aromatic nitrogens is 1. The fourth-order valence-electron chi connectivity index (χ4n) is 4.32. The van der Waals surface area contributed by atoms with Crippen LogP contribution in [0.4, 0.5) is 5.69 Å². The van der Waals surface area contributed by atoms with Crippen LogP contribution in [0.2, 0.25) is 5.02 Å². The van der Waals surface area contributed by atoms with E-state index in [9.17, 15) is 4.79 Å². The van der Waals surface area contributed by atoms with Crippen molar-refractivity contribution in [1.82, 2.24) is 10.3 Å². The van der Waals surface area contributed by atoms with Gasteiger partial charge in [0.25, 0.3) is 5.91 Å². The molecule has 2 aromatic carbocycles. The Bertz CT molecular complexity index is 1220. The van der Waals surface area contributed by atoms with Crippen LogP contribution in [0.1, 0.15) is 24.1 Å². The average molecular weight is 459 g/mol. The van der Waals surface area contributed by atoms with E-state index in [1.165, 1.54) is 0 Å². The maximum Gasteiger partial charge on any atom is 0.275 e. The van der Waals surface area contributed by atoms with Crippen molar-refractivity contribution in [2.45, 2.75) is 13.0 Å². The van der Waals surface area contributed by atoms with Crippen molar-refractivity contribution in [2.24, 2.45) is 4.99 Å². The van der Waals surface area contributed by atoms with Crippen LogP contribution in [0, 0.1) is 0 Å². The van der Waals surface area contributed by atoms with Crippen LogP contribution in [0.5, 0.6) is 5.75 Å². The van der Waals surface area contributed by atoms with Crippen molar-refractivity contribution >= 4 is 28.9 Å². The summed E-state index contributed by atoms with van der Waals surface area (Å²) in [5.41, 5.74) is 4.83. The zero-order chi connectivity index (χ0) is 22.8. The number of nitrogens with zero attached hydrogens (tertiary/aromatic N) is 3. The van der Waals surface area contributed by atoms with Crippen molar-refractivity contribution in [3.63, 3.8) is 0 Å². The third-order valence-electron chi connectivity index (χ3n) is 5.72. The lowest BCUT2D eigenvalue weighted by molar-refractivity contribution is -0.115. The van der Waals surface area contributed by atoms with Gasteiger partial charge in [-0.1, -0.05) is 29.8 Å². The molecule has 1 amide bonds. The first kappa shape index (κ1) is 21.2. The minimum Gasteiger partial charge on any atom is -0.494 e. The highest BCUT2D eigenvalue weighted by Crippen LogP contribution is 2.42. The first-order valence-corrected chi connectivity index (χ1v) is 11.3. The second-order valence-electron chi connectivity index (χ2n) is 7.74. The Balaban J connectivity index is 1.66. The second kappa shape index (κ2) is 9.08. The molecular formula is C26H23ClN4O2. The number of anilines is 1. The molecule has 1 atom stereocenters. The van der Waals surface area contributed by atoms with E-state index in [-0.39, 0.29) is 11.9 Å². The summed E-state index contributed by atoms with van der Waals surface area (Å²) in [5, 5.41) is 3.99.